The summed E-state index contributed by atoms with van der Waals surface area (Å²) in [5.41, 5.74) is 1.78. The lowest BCUT2D eigenvalue weighted by molar-refractivity contribution is 0.0938. The molecule has 1 heterocycles. The maximum absolute atomic E-state index is 12.2. The van der Waals surface area contributed by atoms with E-state index in [1.807, 2.05) is 43.3 Å². The van der Waals surface area contributed by atoms with Gasteiger partial charge in [0, 0.05) is 31.9 Å². The van der Waals surface area contributed by atoms with Crippen molar-refractivity contribution in [3.8, 4) is 0 Å². The van der Waals surface area contributed by atoms with Crippen molar-refractivity contribution in [3.05, 3.63) is 29.8 Å². The largest absolute Gasteiger partial charge is 0.378 e. The van der Waals surface area contributed by atoms with Gasteiger partial charge < -0.3 is 15.5 Å². The maximum atomic E-state index is 12.2. The van der Waals surface area contributed by atoms with Crippen LogP contribution in [-0.4, -0.2) is 39.6 Å². The molecular formula is C16H25N3O. The van der Waals surface area contributed by atoms with E-state index in [1.54, 1.807) is 0 Å². The first-order chi connectivity index (χ1) is 9.58. The summed E-state index contributed by atoms with van der Waals surface area (Å²) in [6.45, 7) is 5.13. The van der Waals surface area contributed by atoms with Crippen molar-refractivity contribution in [1.82, 2.24) is 10.6 Å². The number of nitrogens with one attached hydrogen (secondary N) is 2. The van der Waals surface area contributed by atoms with Crippen LogP contribution in [0.2, 0.25) is 0 Å². The molecule has 1 amide bonds. The normalized spacial score (nSPS) is 22.4. The molecule has 4 nitrogen and oxygen atoms in total. The number of nitrogens with zero attached hydrogens (tertiary/aromatic N) is 1. The molecule has 4 heteroatoms. The van der Waals surface area contributed by atoms with Gasteiger partial charge in [0.1, 0.15) is 0 Å². The Morgan fingerprint density at radius 2 is 2.25 bits per heavy atom. The number of hydrogen-bond donors (Lipinski definition) is 2. The summed E-state index contributed by atoms with van der Waals surface area (Å²) in [6.07, 6.45) is 1.14. The molecule has 0 aromatic heterocycles. The van der Waals surface area contributed by atoms with Gasteiger partial charge >= 0.3 is 0 Å². The summed E-state index contributed by atoms with van der Waals surface area (Å²) >= 11 is 0. The molecule has 0 radical (unpaired) electrons. The van der Waals surface area contributed by atoms with Crippen molar-refractivity contribution in [2.75, 3.05) is 38.6 Å². The lowest BCUT2D eigenvalue weighted by Gasteiger charge is -2.29. The molecule has 1 aliphatic heterocycles. The fourth-order valence-corrected chi connectivity index (χ4v) is 2.62. The molecule has 1 fully saturated rings. The minimum Gasteiger partial charge on any atom is -0.378 e. The Bertz CT molecular complexity index is 459. The molecule has 1 aromatic carbocycles. The summed E-state index contributed by atoms with van der Waals surface area (Å²) in [6, 6.07) is 7.73. The fourth-order valence-electron chi connectivity index (χ4n) is 2.62. The summed E-state index contributed by atoms with van der Waals surface area (Å²) in [4.78, 5) is 14.2. The van der Waals surface area contributed by atoms with Crippen molar-refractivity contribution < 1.29 is 4.79 Å². The zero-order chi connectivity index (χ0) is 14.5. The Kier molecular flexibility index (Phi) is 5.01. The molecule has 0 saturated carbocycles. The highest BCUT2D eigenvalue weighted by Crippen LogP contribution is 2.18. The number of anilines is 1. The molecule has 1 aromatic rings. The van der Waals surface area contributed by atoms with Crippen LogP contribution < -0.4 is 15.5 Å². The maximum Gasteiger partial charge on any atom is 0.251 e. The van der Waals surface area contributed by atoms with Gasteiger partial charge in [0.25, 0.3) is 5.91 Å². The monoisotopic (exact) mass is 275 g/mol. The Morgan fingerprint density at radius 3 is 2.95 bits per heavy atom. The quantitative estimate of drug-likeness (QED) is 0.879. The standard InChI is InChI=1S/C16H25N3O/c1-12-10-17-8-7-14(12)11-18-16(20)13-5-4-6-15(9-13)19(2)3/h4-6,9,12,14,17H,7-8,10-11H2,1-3H3,(H,18,20). The summed E-state index contributed by atoms with van der Waals surface area (Å²) in [7, 11) is 3.96. The lowest BCUT2D eigenvalue weighted by Crippen LogP contribution is -2.41. The average molecular weight is 275 g/mol. The van der Waals surface area contributed by atoms with Gasteiger partial charge in [-0.3, -0.25) is 4.79 Å². The number of benzene rings is 1. The van der Waals surface area contributed by atoms with Gasteiger partial charge in [0.05, 0.1) is 0 Å². The zero-order valence-electron chi connectivity index (χ0n) is 12.6. The number of rotatable bonds is 4. The molecular weight excluding hydrogens is 250 g/mol. The van der Waals surface area contributed by atoms with Crippen LogP contribution in [-0.2, 0) is 0 Å². The van der Waals surface area contributed by atoms with E-state index >= 15 is 0 Å². The molecule has 0 spiro atoms. The smallest absolute Gasteiger partial charge is 0.251 e. The highest BCUT2D eigenvalue weighted by atomic mass is 16.1. The van der Waals surface area contributed by atoms with E-state index < -0.39 is 0 Å². The first-order valence-electron chi connectivity index (χ1n) is 7.34. The summed E-state index contributed by atoms with van der Waals surface area (Å²) < 4.78 is 0. The summed E-state index contributed by atoms with van der Waals surface area (Å²) in [5, 5.41) is 6.47. The minimum absolute atomic E-state index is 0.0273. The van der Waals surface area contributed by atoms with Gasteiger partial charge in [0.15, 0.2) is 0 Å². The number of amides is 1. The van der Waals surface area contributed by atoms with Crippen LogP contribution in [0, 0.1) is 11.8 Å². The van der Waals surface area contributed by atoms with E-state index in [0.29, 0.717) is 11.8 Å². The predicted octanol–water partition coefficient (Wildman–Crippen LogP) is 1.73. The van der Waals surface area contributed by atoms with E-state index in [1.165, 1.54) is 0 Å². The van der Waals surface area contributed by atoms with Crippen LogP contribution in [0.25, 0.3) is 0 Å². The molecule has 2 atom stereocenters. The van der Waals surface area contributed by atoms with Crippen LogP contribution in [0.15, 0.2) is 24.3 Å². The molecule has 1 aliphatic rings. The van der Waals surface area contributed by atoms with Crippen molar-refractivity contribution in [3.63, 3.8) is 0 Å². The number of carbonyl (C=O) groups is 1. The van der Waals surface area contributed by atoms with Gasteiger partial charge in [-0.25, -0.2) is 0 Å². The van der Waals surface area contributed by atoms with E-state index in [4.69, 9.17) is 0 Å². The predicted molar refractivity (Wildman–Crippen MR) is 83.2 cm³/mol. The van der Waals surface area contributed by atoms with E-state index in [0.717, 1.165) is 37.3 Å². The van der Waals surface area contributed by atoms with Gasteiger partial charge in [-0.2, -0.15) is 0 Å². The first-order valence-corrected chi connectivity index (χ1v) is 7.34. The molecule has 2 rings (SSSR count). The van der Waals surface area contributed by atoms with Gasteiger partial charge in [0.2, 0.25) is 0 Å². The fraction of sp³-hybridized carbons (Fsp3) is 0.562. The zero-order valence-corrected chi connectivity index (χ0v) is 12.6. The highest BCUT2D eigenvalue weighted by molar-refractivity contribution is 5.95. The van der Waals surface area contributed by atoms with Crippen LogP contribution in [0.3, 0.4) is 0 Å². The van der Waals surface area contributed by atoms with Crippen molar-refractivity contribution in [2.45, 2.75) is 13.3 Å². The molecule has 2 unspecified atom stereocenters. The molecule has 2 N–H and O–H groups in total. The highest BCUT2D eigenvalue weighted by Gasteiger charge is 2.21. The summed E-state index contributed by atoms with van der Waals surface area (Å²) in [5.74, 6) is 1.23. The van der Waals surface area contributed by atoms with Gasteiger partial charge in [-0.05, 0) is 49.5 Å². The third-order valence-electron chi connectivity index (χ3n) is 4.11. The van der Waals surface area contributed by atoms with Gasteiger partial charge in [-0.1, -0.05) is 13.0 Å². The second-order valence-corrected chi connectivity index (χ2v) is 5.88. The van der Waals surface area contributed by atoms with Crippen LogP contribution in [0.1, 0.15) is 23.7 Å². The third kappa shape index (κ3) is 3.73. The van der Waals surface area contributed by atoms with Crippen molar-refractivity contribution in [2.24, 2.45) is 11.8 Å². The second kappa shape index (κ2) is 6.75. The molecule has 20 heavy (non-hydrogen) atoms. The van der Waals surface area contributed by atoms with E-state index in [-0.39, 0.29) is 5.91 Å². The first kappa shape index (κ1) is 14.9. The third-order valence-corrected chi connectivity index (χ3v) is 4.11. The molecule has 0 bridgehead atoms. The minimum atomic E-state index is 0.0273. The molecule has 110 valence electrons. The Morgan fingerprint density at radius 1 is 1.45 bits per heavy atom. The lowest BCUT2D eigenvalue weighted by atomic mass is 9.88. The van der Waals surface area contributed by atoms with E-state index in [9.17, 15) is 4.79 Å². The molecule has 0 aliphatic carbocycles. The SMILES string of the molecule is CC1CNCCC1CNC(=O)c1cccc(N(C)C)c1. The number of piperidine rings is 1. The van der Waals surface area contributed by atoms with Crippen molar-refractivity contribution >= 4 is 11.6 Å². The van der Waals surface area contributed by atoms with Crippen LogP contribution >= 0.6 is 0 Å². The Hall–Kier alpha value is -1.55. The molecule has 1 saturated heterocycles. The van der Waals surface area contributed by atoms with E-state index in [2.05, 4.69) is 17.6 Å². The topological polar surface area (TPSA) is 44.4 Å². The number of hydrogen-bond acceptors (Lipinski definition) is 3. The Balaban J connectivity index is 1.92. The van der Waals surface area contributed by atoms with Gasteiger partial charge in [-0.15, -0.1) is 0 Å². The second-order valence-electron chi connectivity index (χ2n) is 5.88. The van der Waals surface area contributed by atoms with Crippen molar-refractivity contribution in [1.29, 1.82) is 0 Å². The van der Waals surface area contributed by atoms with Crippen LogP contribution in [0.4, 0.5) is 5.69 Å². The number of carbonyl (C=O) groups excluding carboxylic acids is 1. The average Bonchev–Trinajstić information content (AvgIpc) is 2.46. The Labute approximate surface area is 121 Å². The van der Waals surface area contributed by atoms with Crippen LogP contribution in [0.5, 0.6) is 0 Å².